The zero-order valence-corrected chi connectivity index (χ0v) is 8.05. The fourth-order valence-electron chi connectivity index (χ4n) is 0.440. The summed E-state index contributed by atoms with van der Waals surface area (Å²) in [7, 11) is 0. The van der Waals surface area contributed by atoms with Gasteiger partial charge in [-0.25, -0.2) is 0 Å². The third-order valence-electron chi connectivity index (χ3n) is 1.02. The van der Waals surface area contributed by atoms with Gasteiger partial charge in [0, 0.05) is 10.9 Å². The van der Waals surface area contributed by atoms with Crippen LogP contribution in [0.15, 0.2) is 22.3 Å². The molecule has 0 aromatic carbocycles. The van der Waals surface area contributed by atoms with Crippen LogP contribution in [0.1, 0.15) is 20.8 Å². The highest BCUT2D eigenvalue weighted by atomic mass is 35.5. The van der Waals surface area contributed by atoms with E-state index in [4.69, 9.17) is 23.2 Å². The lowest BCUT2D eigenvalue weighted by atomic mass is 10.2. The van der Waals surface area contributed by atoms with Gasteiger partial charge < -0.3 is 0 Å². The SMILES string of the molecule is CC(C)=CC(Cl)=C(C)CCl. The summed E-state index contributed by atoms with van der Waals surface area (Å²) in [5, 5.41) is 0.759. The molecule has 0 atom stereocenters. The second-order valence-corrected chi connectivity index (χ2v) is 3.16. The third-order valence-corrected chi connectivity index (χ3v) is 1.86. The van der Waals surface area contributed by atoms with Crippen LogP contribution in [0.4, 0.5) is 0 Å². The van der Waals surface area contributed by atoms with Crippen molar-refractivity contribution in [1.29, 1.82) is 0 Å². The van der Waals surface area contributed by atoms with Crippen molar-refractivity contribution in [3.05, 3.63) is 22.3 Å². The Labute approximate surface area is 72.5 Å². The second-order valence-electron chi connectivity index (χ2n) is 2.48. The highest BCUT2D eigenvalue weighted by Crippen LogP contribution is 2.13. The molecule has 0 bridgehead atoms. The maximum Gasteiger partial charge on any atom is 0.0448 e. The topological polar surface area (TPSA) is 0 Å². The van der Waals surface area contributed by atoms with Crippen LogP contribution in [-0.2, 0) is 0 Å². The van der Waals surface area contributed by atoms with Crippen LogP contribution < -0.4 is 0 Å². The molecular formula is C8H12Cl2. The van der Waals surface area contributed by atoms with Crippen LogP contribution in [0.25, 0.3) is 0 Å². The smallest absolute Gasteiger partial charge is 0.0448 e. The molecule has 0 saturated carbocycles. The van der Waals surface area contributed by atoms with Gasteiger partial charge in [-0.15, -0.1) is 11.6 Å². The Morgan fingerprint density at radius 3 is 2.10 bits per heavy atom. The first kappa shape index (κ1) is 10.1. The molecule has 0 fully saturated rings. The van der Waals surface area contributed by atoms with E-state index in [1.165, 1.54) is 5.57 Å². The summed E-state index contributed by atoms with van der Waals surface area (Å²) < 4.78 is 0. The standard InChI is InChI=1S/C8H12Cl2/c1-6(2)4-8(10)7(3)5-9/h4H,5H2,1-3H3. The highest BCUT2D eigenvalue weighted by molar-refractivity contribution is 6.32. The van der Waals surface area contributed by atoms with Gasteiger partial charge in [0.2, 0.25) is 0 Å². The van der Waals surface area contributed by atoms with Crippen molar-refractivity contribution >= 4 is 23.2 Å². The lowest BCUT2D eigenvalue weighted by Gasteiger charge is -1.96. The number of alkyl halides is 1. The molecule has 0 N–H and O–H groups in total. The van der Waals surface area contributed by atoms with Crippen molar-refractivity contribution in [2.75, 3.05) is 5.88 Å². The molecule has 0 radical (unpaired) electrons. The van der Waals surface area contributed by atoms with Crippen molar-refractivity contribution in [3.8, 4) is 0 Å². The minimum atomic E-state index is 0.503. The molecule has 10 heavy (non-hydrogen) atoms. The maximum absolute atomic E-state index is 5.85. The van der Waals surface area contributed by atoms with E-state index in [0.717, 1.165) is 10.6 Å². The van der Waals surface area contributed by atoms with Gasteiger partial charge in [0.25, 0.3) is 0 Å². The molecule has 0 nitrogen and oxygen atoms in total. The van der Waals surface area contributed by atoms with Crippen molar-refractivity contribution in [2.45, 2.75) is 20.8 Å². The number of hydrogen-bond donors (Lipinski definition) is 0. The average Bonchev–Trinajstić information content (AvgIpc) is 1.85. The summed E-state index contributed by atoms with van der Waals surface area (Å²) in [6.45, 7) is 5.93. The maximum atomic E-state index is 5.85. The van der Waals surface area contributed by atoms with E-state index in [1.54, 1.807) is 0 Å². The van der Waals surface area contributed by atoms with Gasteiger partial charge in [-0.05, 0) is 32.4 Å². The van der Waals surface area contributed by atoms with E-state index in [0.29, 0.717) is 5.88 Å². The van der Waals surface area contributed by atoms with Gasteiger partial charge in [-0.3, -0.25) is 0 Å². The van der Waals surface area contributed by atoms with Crippen molar-refractivity contribution in [3.63, 3.8) is 0 Å². The molecule has 0 amide bonds. The zero-order valence-electron chi connectivity index (χ0n) is 6.54. The second kappa shape index (κ2) is 4.81. The first-order valence-electron chi connectivity index (χ1n) is 3.14. The van der Waals surface area contributed by atoms with Crippen LogP contribution in [0.2, 0.25) is 0 Å². The molecule has 0 aliphatic carbocycles. The summed E-state index contributed by atoms with van der Waals surface area (Å²) in [6, 6.07) is 0. The fraction of sp³-hybridized carbons (Fsp3) is 0.500. The summed E-state index contributed by atoms with van der Waals surface area (Å²) in [5.41, 5.74) is 2.21. The predicted molar refractivity (Wildman–Crippen MR) is 48.7 cm³/mol. The Hall–Kier alpha value is 0.0600. The Bertz CT molecular complexity index is 162. The Balaban J connectivity index is 4.33. The van der Waals surface area contributed by atoms with Crippen LogP contribution in [0.5, 0.6) is 0 Å². The van der Waals surface area contributed by atoms with E-state index in [9.17, 15) is 0 Å². The van der Waals surface area contributed by atoms with E-state index >= 15 is 0 Å². The molecule has 0 aliphatic heterocycles. The number of rotatable bonds is 2. The minimum absolute atomic E-state index is 0.503. The van der Waals surface area contributed by atoms with Crippen LogP contribution in [0, 0.1) is 0 Å². The Morgan fingerprint density at radius 2 is 1.80 bits per heavy atom. The molecule has 0 rings (SSSR count). The van der Waals surface area contributed by atoms with Crippen LogP contribution in [-0.4, -0.2) is 5.88 Å². The molecule has 0 aliphatic rings. The van der Waals surface area contributed by atoms with E-state index in [-0.39, 0.29) is 0 Å². The fourth-order valence-corrected chi connectivity index (χ4v) is 0.938. The first-order valence-corrected chi connectivity index (χ1v) is 4.05. The van der Waals surface area contributed by atoms with Gasteiger partial charge in [0.05, 0.1) is 0 Å². The summed E-state index contributed by atoms with van der Waals surface area (Å²) in [6.07, 6.45) is 1.92. The number of hydrogen-bond acceptors (Lipinski definition) is 0. The Morgan fingerprint density at radius 1 is 1.30 bits per heavy atom. The summed E-state index contributed by atoms with van der Waals surface area (Å²) in [5.74, 6) is 0.503. The first-order chi connectivity index (χ1) is 4.57. The van der Waals surface area contributed by atoms with E-state index in [1.807, 2.05) is 26.8 Å². The zero-order chi connectivity index (χ0) is 8.15. The molecule has 0 heterocycles. The van der Waals surface area contributed by atoms with E-state index < -0.39 is 0 Å². The third kappa shape index (κ3) is 3.97. The average molecular weight is 179 g/mol. The molecular weight excluding hydrogens is 167 g/mol. The van der Waals surface area contributed by atoms with Crippen molar-refractivity contribution in [1.82, 2.24) is 0 Å². The lowest BCUT2D eigenvalue weighted by molar-refractivity contribution is 1.34. The van der Waals surface area contributed by atoms with Crippen molar-refractivity contribution in [2.24, 2.45) is 0 Å². The molecule has 0 unspecified atom stereocenters. The largest absolute Gasteiger partial charge is 0.122 e. The molecule has 0 spiro atoms. The lowest BCUT2D eigenvalue weighted by Crippen LogP contribution is -1.80. The highest BCUT2D eigenvalue weighted by Gasteiger charge is 1.92. The minimum Gasteiger partial charge on any atom is -0.122 e. The van der Waals surface area contributed by atoms with Gasteiger partial charge in [0.15, 0.2) is 0 Å². The number of halogens is 2. The molecule has 0 aromatic heterocycles. The van der Waals surface area contributed by atoms with Gasteiger partial charge in [-0.2, -0.15) is 0 Å². The van der Waals surface area contributed by atoms with Crippen LogP contribution in [0.3, 0.4) is 0 Å². The summed E-state index contributed by atoms with van der Waals surface area (Å²) in [4.78, 5) is 0. The summed E-state index contributed by atoms with van der Waals surface area (Å²) >= 11 is 11.4. The number of allylic oxidation sites excluding steroid dienone is 4. The quantitative estimate of drug-likeness (QED) is 0.447. The predicted octanol–water partition coefficient (Wildman–Crippen LogP) is 3.70. The van der Waals surface area contributed by atoms with Gasteiger partial charge >= 0.3 is 0 Å². The normalized spacial score (nSPS) is 12.5. The van der Waals surface area contributed by atoms with E-state index in [2.05, 4.69) is 0 Å². The molecule has 2 heteroatoms. The van der Waals surface area contributed by atoms with Gasteiger partial charge in [0.1, 0.15) is 0 Å². The van der Waals surface area contributed by atoms with Crippen molar-refractivity contribution < 1.29 is 0 Å². The molecule has 0 saturated heterocycles. The molecule has 58 valence electrons. The van der Waals surface area contributed by atoms with Gasteiger partial charge in [-0.1, -0.05) is 17.2 Å². The monoisotopic (exact) mass is 178 g/mol. The molecule has 0 aromatic rings. The Kier molecular flexibility index (Phi) is 4.84. The van der Waals surface area contributed by atoms with Crippen LogP contribution >= 0.6 is 23.2 Å².